The minimum atomic E-state index is -0.412. The van der Waals surface area contributed by atoms with Crippen LogP contribution in [0.2, 0.25) is 0 Å². The molecule has 110 valence electrons. The largest absolute Gasteiger partial charge is 0.491 e. The highest BCUT2D eigenvalue weighted by atomic mass is 35.5. The van der Waals surface area contributed by atoms with Crippen molar-refractivity contribution in [3.63, 3.8) is 0 Å². The molecule has 21 heavy (non-hydrogen) atoms. The highest BCUT2D eigenvalue weighted by molar-refractivity contribution is 6.17. The number of nitro benzene ring substituents is 1. The van der Waals surface area contributed by atoms with Gasteiger partial charge in [-0.2, -0.15) is 0 Å². The second-order valence-corrected chi connectivity index (χ2v) is 4.82. The number of hydrogen-bond acceptors (Lipinski definition) is 4. The average molecular weight is 307 g/mol. The van der Waals surface area contributed by atoms with Crippen LogP contribution in [-0.4, -0.2) is 16.5 Å². The average Bonchev–Trinajstić information content (AvgIpc) is 2.49. The summed E-state index contributed by atoms with van der Waals surface area (Å²) in [4.78, 5) is 14.5. The quantitative estimate of drug-likeness (QED) is 0.464. The Labute approximate surface area is 127 Å². The van der Waals surface area contributed by atoms with Gasteiger partial charge in [0.05, 0.1) is 23.1 Å². The first-order valence-electron chi connectivity index (χ1n) is 6.49. The molecule has 1 aromatic heterocycles. The van der Waals surface area contributed by atoms with E-state index in [0.717, 1.165) is 17.0 Å². The third-order valence-corrected chi connectivity index (χ3v) is 3.25. The normalized spacial score (nSPS) is 10.4. The lowest BCUT2D eigenvalue weighted by atomic mass is 10.1. The van der Waals surface area contributed by atoms with Crippen molar-refractivity contribution in [1.82, 2.24) is 4.98 Å². The Morgan fingerprint density at radius 3 is 2.57 bits per heavy atom. The predicted octanol–water partition coefficient (Wildman–Crippen LogP) is 3.66. The van der Waals surface area contributed by atoms with Crippen molar-refractivity contribution in [2.45, 2.75) is 19.2 Å². The van der Waals surface area contributed by atoms with Gasteiger partial charge in [-0.1, -0.05) is 12.1 Å². The Balaban J connectivity index is 1.93. The molecule has 0 saturated heterocycles. The number of non-ortho nitro benzene ring substituents is 1. The van der Waals surface area contributed by atoms with E-state index in [1.54, 1.807) is 12.1 Å². The number of halogens is 1. The van der Waals surface area contributed by atoms with Crippen LogP contribution in [0.15, 0.2) is 36.4 Å². The van der Waals surface area contributed by atoms with E-state index in [9.17, 15) is 10.1 Å². The molecule has 0 atom stereocenters. The summed E-state index contributed by atoms with van der Waals surface area (Å²) in [6.07, 6.45) is 0.660. The van der Waals surface area contributed by atoms with Gasteiger partial charge < -0.3 is 4.74 Å². The van der Waals surface area contributed by atoms with E-state index in [2.05, 4.69) is 4.98 Å². The molecule has 1 aromatic carbocycles. The van der Waals surface area contributed by atoms with Crippen LogP contribution < -0.4 is 4.74 Å². The van der Waals surface area contributed by atoms with Crippen molar-refractivity contribution in [2.24, 2.45) is 0 Å². The van der Waals surface area contributed by atoms with E-state index in [4.69, 9.17) is 16.3 Å². The molecule has 6 heteroatoms. The molecule has 2 aromatic rings. The van der Waals surface area contributed by atoms with E-state index in [1.807, 2.05) is 19.1 Å². The Bertz CT molecular complexity index is 629. The maximum absolute atomic E-state index is 10.6. The van der Waals surface area contributed by atoms with E-state index < -0.39 is 4.92 Å². The van der Waals surface area contributed by atoms with Gasteiger partial charge in [-0.15, -0.1) is 11.6 Å². The molecule has 1 heterocycles. The molecule has 0 radical (unpaired) electrons. The summed E-state index contributed by atoms with van der Waals surface area (Å²) in [5, 5.41) is 10.6. The lowest BCUT2D eigenvalue weighted by molar-refractivity contribution is -0.384. The summed E-state index contributed by atoms with van der Waals surface area (Å²) in [6.45, 7) is 2.36. The number of rotatable bonds is 6. The highest BCUT2D eigenvalue weighted by Gasteiger charge is 2.06. The molecule has 2 rings (SSSR count). The Morgan fingerprint density at radius 2 is 1.95 bits per heavy atom. The van der Waals surface area contributed by atoms with Crippen LogP contribution in [0.5, 0.6) is 5.75 Å². The van der Waals surface area contributed by atoms with Crippen LogP contribution in [0.25, 0.3) is 0 Å². The molecule has 0 N–H and O–H groups in total. The van der Waals surface area contributed by atoms with Gasteiger partial charge in [0.25, 0.3) is 5.69 Å². The second kappa shape index (κ2) is 7.04. The number of aryl methyl sites for hydroxylation is 1. The van der Waals surface area contributed by atoms with Gasteiger partial charge in [0, 0.05) is 24.2 Å². The molecule has 0 bridgehead atoms. The smallest absolute Gasteiger partial charge is 0.269 e. The molecule has 0 amide bonds. The zero-order valence-corrected chi connectivity index (χ0v) is 12.3. The van der Waals surface area contributed by atoms with Gasteiger partial charge in [-0.05, 0) is 24.6 Å². The number of ether oxygens (including phenoxy) is 1. The zero-order valence-electron chi connectivity index (χ0n) is 11.6. The monoisotopic (exact) mass is 306 g/mol. The SMILES string of the molecule is Cc1ccc(OCCc2ccc([N+](=O)[O-])cc2)c(CCl)n1. The number of hydrogen-bond donors (Lipinski definition) is 0. The molecule has 0 saturated carbocycles. The van der Waals surface area contributed by atoms with Gasteiger partial charge in [-0.3, -0.25) is 15.1 Å². The summed E-state index contributed by atoms with van der Waals surface area (Å²) in [5.74, 6) is 0.978. The van der Waals surface area contributed by atoms with E-state index in [1.165, 1.54) is 12.1 Å². The lowest BCUT2D eigenvalue weighted by Crippen LogP contribution is -2.04. The molecular formula is C15H15ClN2O3. The number of pyridine rings is 1. The maximum atomic E-state index is 10.6. The molecule has 0 aliphatic rings. The summed E-state index contributed by atoms with van der Waals surface area (Å²) in [6, 6.07) is 10.2. The molecular weight excluding hydrogens is 292 g/mol. The van der Waals surface area contributed by atoms with E-state index >= 15 is 0 Å². The van der Waals surface area contributed by atoms with Crippen molar-refractivity contribution < 1.29 is 9.66 Å². The van der Waals surface area contributed by atoms with Crippen molar-refractivity contribution in [3.05, 3.63) is 63.5 Å². The van der Waals surface area contributed by atoms with Gasteiger partial charge >= 0.3 is 0 Å². The van der Waals surface area contributed by atoms with E-state index in [-0.39, 0.29) is 5.69 Å². The van der Waals surface area contributed by atoms with Crippen LogP contribution in [-0.2, 0) is 12.3 Å². The summed E-state index contributed by atoms with van der Waals surface area (Å²) < 4.78 is 5.68. The van der Waals surface area contributed by atoms with Crippen LogP contribution in [0.4, 0.5) is 5.69 Å². The summed E-state index contributed by atoms with van der Waals surface area (Å²) in [7, 11) is 0. The highest BCUT2D eigenvalue weighted by Crippen LogP contribution is 2.19. The van der Waals surface area contributed by atoms with Gasteiger partial charge in [0.1, 0.15) is 5.75 Å². The lowest BCUT2D eigenvalue weighted by Gasteiger charge is -2.10. The Kier molecular flexibility index (Phi) is 5.11. The first-order valence-corrected chi connectivity index (χ1v) is 7.02. The van der Waals surface area contributed by atoms with Gasteiger partial charge in [0.2, 0.25) is 0 Å². The third kappa shape index (κ3) is 4.16. The molecule has 0 aliphatic carbocycles. The van der Waals surface area contributed by atoms with Crippen molar-refractivity contribution >= 4 is 17.3 Å². The molecule has 5 nitrogen and oxygen atoms in total. The molecule has 0 unspecified atom stereocenters. The maximum Gasteiger partial charge on any atom is 0.269 e. The fraction of sp³-hybridized carbons (Fsp3) is 0.267. The Hall–Kier alpha value is -2.14. The number of nitro groups is 1. The molecule has 0 fully saturated rings. The van der Waals surface area contributed by atoms with Gasteiger partial charge in [0.15, 0.2) is 0 Å². The molecule has 0 spiro atoms. The Morgan fingerprint density at radius 1 is 1.24 bits per heavy atom. The summed E-state index contributed by atoms with van der Waals surface area (Å²) in [5.41, 5.74) is 2.69. The first-order chi connectivity index (χ1) is 10.1. The first kappa shape index (κ1) is 15.3. The standard InChI is InChI=1S/C15H15ClN2O3/c1-11-2-7-15(14(10-16)17-11)21-9-8-12-3-5-13(6-4-12)18(19)20/h2-7H,8-10H2,1H3. The summed E-state index contributed by atoms with van der Waals surface area (Å²) >= 11 is 5.84. The fourth-order valence-corrected chi connectivity index (χ4v) is 2.08. The second-order valence-electron chi connectivity index (χ2n) is 4.55. The van der Waals surface area contributed by atoms with Crippen LogP contribution >= 0.6 is 11.6 Å². The number of alkyl halides is 1. The number of benzene rings is 1. The minimum absolute atomic E-state index is 0.0897. The van der Waals surface area contributed by atoms with Crippen molar-refractivity contribution in [1.29, 1.82) is 0 Å². The number of aromatic nitrogens is 1. The molecule has 0 aliphatic heterocycles. The number of nitrogens with zero attached hydrogens (tertiary/aromatic N) is 2. The van der Waals surface area contributed by atoms with Crippen molar-refractivity contribution in [3.8, 4) is 5.75 Å². The topological polar surface area (TPSA) is 65.3 Å². The predicted molar refractivity (Wildman–Crippen MR) is 80.8 cm³/mol. The third-order valence-electron chi connectivity index (χ3n) is 2.99. The fourth-order valence-electron chi connectivity index (χ4n) is 1.89. The van der Waals surface area contributed by atoms with E-state index in [0.29, 0.717) is 24.7 Å². The van der Waals surface area contributed by atoms with Crippen LogP contribution in [0.1, 0.15) is 17.0 Å². The van der Waals surface area contributed by atoms with Crippen LogP contribution in [0, 0.1) is 17.0 Å². The van der Waals surface area contributed by atoms with Crippen LogP contribution in [0.3, 0.4) is 0 Å². The minimum Gasteiger partial charge on any atom is -0.491 e. The van der Waals surface area contributed by atoms with Gasteiger partial charge in [-0.25, -0.2) is 0 Å². The van der Waals surface area contributed by atoms with Crippen molar-refractivity contribution in [2.75, 3.05) is 6.61 Å². The zero-order chi connectivity index (χ0) is 15.2.